The maximum absolute atomic E-state index is 10.4. The molecule has 130 valence electrons. The van der Waals surface area contributed by atoms with Gasteiger partial charge in [-0.15, -0.1) is 0 Å². The first-order valence-corrected chi connectivity index (χ1v) is 9.70. The number of hydrogen-bond acceptors (Lipinski definition) is 5. The molecule has 1 aliphatic rings. The number of imidazole rings is 1. The molecule has 0 unspecified atom stereocenters. The molecule has 0 aliphatic carbocycles. The highest BCUT2D eigenvalue weighted by molar-refractivity contribution is 8.23. The van der Waals surface area contributed by atoms with Crippen molar-refractivity contribution in [3.8, 4) is 6.07 Å². The van der Waals surface area contributed by atoms with Crippen LogP contribution in [0.1, 0.15) is 32.0 Å². The van der Waals surface area contributed by atoms with Crippen LogP contribution < -0.4 is 0 Å². The molecule has 1 atom stereocenters. The predicted molar refractivity (Wildman–Crippen MR) is 106 cm³/mol. The number of H-pyrrole nitrogens is 1. The van der Waals surface area contributed by atoms with Crippen LogP contribution in [0, 0.1) is 11.3 Å². The summed E-state index contributed by atoms with van der Waals surface area (Å²) in [7, 11) is 0. The lowest BCUT2D eigenvalue weighted by Gasteiger charge is -2.35. The molecule has 0 bridgehead atoms. The fourth-order valence-corrected chi connectivity index (χ4v) is 4.27. The van der Waals surface area contributed by atoms with E-state index < -0.39 is 0 Å². The van der Waals surface area contributed by atoms with Crippen molar-refractivity contribution >= 4 is 44.9 Å². The lowest BCUT2D eigenvalue weighted by Crippen LogP contribution is -2.39. The number of hydrogen-bond donors (Lipinski definition) is 2. The van der Waals surface area contributed by atoms with E-state index in [1.165, 1.54) is 18.2 Å². The molecule has 0 spiro atoms. The topological polar surface area (TPSA) is 75.9 Å². The Bertz CT molecular complexity index is 819. The summed E-state index contributed by atoms with van der Waals surface area (Å²) in [4.78, 5) is 9.68. The van der Waals surface area contributed by atoms with Crippen LogP contribution in [-0.2, 0) is 0 Å². The number of aliphatic hydroxyl groups excluding tert-OH is 1. The van der Waals surface area contributed by atoms with Gasteiger partial charge in [0.2, 0.25) is 0 Å². The zero-order chi connectivity index (χ0) is 17.8. The van der Waals surface area contributed by atoms with Crippen LogP contribution in [0.3, 0.4) is 0 Å². The molecule has 0 saturated carbocycles. The minimum absolute atomic E-state index is 0.00133. The van der Waals surface area contributed by atoms with Crippen molar-refractivity contribution in [2.45, 2.75) is 32.2 Å². The summed E-state index contributed by atoms with van der Waals surface area (Å²) in [6.45, 7) is 3.14. The first-order chi connectivity index (χ1) is 12.1. The number of aliphatic hydroxyl groups is 1. The number of aromatic amines is 1. The van der Waals surface area contributed by atoms with Gasteiger partial charge >= 0.3 is 0 Å². The third-order valence-electron chi connectivity index (χ3n) is 4.40. The van der Waals surface area contributed by atoms with Gasteiger partial charge in [0.1, 0.15) is 21.7 Å². The molecule has 7 heteroatoms. The highest BCUT2D eigenvalue weighted by Crippen LogP contribution is 2.25. The van der Waals surface area contributed by atoms with E-state index in [0.717, 1.165) is 34.7 Å². The number of thioether (sulfide) groups is 1. The molecule has 1 aliphatic heterocycles. The molecule has 5 nitrogen and oxygen atoms in total. The second kappa shape index (κ2) is 7.89. The van der Waals surface area contributed by atoms with Crippen molar-refractivity contribution in [2.24, 2.45) is 0 Å². The third kappa shape index (κ3) is 3.97. The van der Waals surface area contributed by atoms with Crippen LogP contribution in [0.2, 0.25) is 0 Å². The van der Waals surface area contributed by atoms with Crippen LogP contribution in [0.5, 0.6) is 0 Å². The average molecular weight is 373 g/mol. The molecule has 0 radical (unpaired) electrons. The van der Waals surface area contributed by atoms with Crippen molar-refractivity contribution < 1.29 is 5.11 Å². The summed E-state index contributed by atoms with van der Waals surface area (Å²) in [6.07, 6.45) is 3.53. The summed E-state index contributed by atoms with van der Waals surface area (Å²) in [5.74, 6) is 0.653. The van der Waals surface area contributed by atoms with E-state index in [9.17, 15) is 10.4 Å². The largest absolute Gasteiger partial charge is 0.510 e. The van der Waals surface area contributed by atoms with Crippen molar-refractivity contribution in [3.05, 3.63) is 35.8 Å². The number of likely N-dealkylation sites (tertiary alicyclic amines) is 1. The van der Waals surface area contributed by atoms with Gasteiger partial charge in [0.05, 0.1) is 16.8 Å². The van der Waals surface area contributed by atoms with Crippen LogP contribution in [0.15, 0.2) is 30.0 Å². The lowest BCUT2D eigenvalue weighted by atomic mass is 10.1. The quantitative estimate of drug-likeness (QED) is 0.477. The Morgan fingerprint density at radius 3 is 3.00 bits per heavy atom. The van der Waals surface area contributed by atoms with Crippen molar-refractivity contribution in [3.63, 3.8) is 0 Å². The molecule has 1 aromatic heterocycles. The summed E-state index contributed by atoms with van der Waals surface area (Å²) in [6, 6.07) is 10.0. The van der Waals surface area contributed by atoms with Gasteiger partial charge in [0, 0.05) is 12.6 Å². The second-order valence-corrected chi connectivity index (χ2v) is 7.74. The van der Waals surface area contributed by atoms with Gasteiger partial charge in [0.15, 0.2) is 5.82 Å². The number of nitrogens with zero attached hydrogens (tertiary/aromatic N) is 3. The van der Waals surface area contributed by atoms with E-state index >= 15 is 0 Å². The van der Waals surface area contributed by atoms with Gasteiger partial charge in [-0.2, -0.15) is 5.26 Å². The van der Waals surface area contributed by atoms with E-state index in [1.54, 1.807) is 0 Å². The first-order valence-electron chi connectivity index (χ1n) is 8.31. The van der Waals surface area contributed by atoms with Gasteiger partial charge < -0.3 is 15.0 Å². The van der Waals surface area contributed by atoms with E-state index in [2.05, 4.69) is 27.9 Å². The van der Waals surface area contributed by atoms with E-state index in [1.807, 2.05) is 24.3 Å². The van der Waals surface area contributed by atoms with Crippen molar-refractivity contribution in [2.75, 3.05) is 12.3 Å². The Hall–Kier alpha value is -2.04. The predicted octanol–water partition coefficient (Wildman–Crippen LogP) is 4.25. The van der Waals surface area contributed by atoms with Gasteiger partial charge in [-0.3, -0.25) is 0 Å². The van der Waals surface area contributed by atoms with E-state index in [4.69, 9.17) is 12.2 Å². The summed E-state index contributed by atoms with van der Waals surface area (Å²) in [5, 5.41) is 19.8. The molecule has 2 heterocycles. The zero-order valence-corrected chi connectivity index (χ0v) is 15.7. The van der Waals surface area contributed by atoms with E-state index in [0.29, 0.717) is 11.9 Å². The number of allylic oxidation sites excluding steroid dienone is 1. The Morgan fingerprint density at radius 1 is 1.48 bits per heavy atom. The summed E-state index contributed by atoms with van der Waals surface area (Å²) in [5.41, 5.74) is 1.77. The summed E-state index contributed by atoms with van der Waals surface area (Å²) < 4.78 is 0.778. The molecular weight excluding hydrogens is 352 g/mol. The Balaban J connectivity index is 1.73. The molecule has 2 aromatic rings. The minimum atomic E-state index is -0.00133. The molecule has 1 aromatic carbocycles. The standard InChI is InChI=1S/C18H20N4OS2/c1-12-6-4-5-9-22(12)18(24)25-11-16(23)13(10-19)17-20-14-7-2-3-8-15(14)21-17/h2-3,7-8,12,23H,4-6,9,11H2,1H3,(H,20,21)/b16-13-/t12-/m1/s1. The lowest BCUT2D eigenvalue weighted by molar-refractivity contribution is 0.267. The van der Waals surface area contributed by atoms with Crippen LogP contribution in [0.25, 0.3) is 16.6 Å². The second-order valence-electron chi connectivity index (χ2n) is 6.13. The molecule has 1 fully saturated rings. The van der Waals surface area contributed by atoms with Crippen molar-refractivity contribution in [1.82, 2.24) is 14.9 Å². The Morgan fingerprint density at radius 2 is 2.28 bits per heavy atom. The number of para-hydroxylation sites is 2. The zero-order valence-electron chi connectivity index (χ0n) is 14.0. The smallest absolute Gasteiger partial charge is 0.152 e. The first kappa shape index (κ1) is 17.8. The van der Waals surface area contributed by atoms with E-state index in [-0.39, 0.29) is 17.1 Å². The maximum atomic E-state index is 10.4. The van der Waals surface area contributed by atoms with Crippen LogP contribution in [0.4, 0.5) is 0 Å². The Labute approximate surface area is 156 Å². The number of rotatable bonds is 3. The molecular formula is C18H20N4OS2. The third-order valence-corrected chi connectivity index (χ3v) is 5.88. The van der Waals surface area contributed by atoms with Gasteiger partial charge in [-0.1, -0.05) is 36.1 Å². The number of aromatic nitrogens is 2. The number of fused-ring (bicyclic) bond motifs is 1. The van der Waals surface area contributed by atoms with Crippen molar-refractivity contribution in [1.29, 1.82) is 5.26 Å². The Kier molecular flexibility index (Phi) is 5.61. The number of nitriles is 1. The average Bonchev–Trinajstić information content (AvgIpc) is 3.04. The minimum Gasteiger partial charge on any atom is -0.510 e. The van der Waals surface area contributed by atoms with Crippen LogP contribution >= 0.6 is 24.0 Å². The SMILES string of the molecule is C[C@@H]1CCCCN1C(=S)SC/C(O)=C(\C#N)c1nc2ccccc2[nH]1. The van der Waals surface area contributed by atoms with Gasteiger partial charge in [0.25, 0.3) is 0 Å². The fourth-order valence-electron chi connectivity index (χ4n) is 2.98. The fraction of sp³-hybridized carbons (Fsp3) is 0.389. The maximum Gasteiger partial charge on any atom is 0.152 e. The number of nitrogens with one attached hydrogen (secondary N) is 1. The number of piperidine rings is 1. The molecule has 0 amide bonds. The van der Waals surface area contributed by atoms with Gasteiger partial charge in [-0.25, -0.2) is 4.98 Å². The molecule has 3 rings (SSSR count). The molecule has 25 heavy (non-hydrogen) atoms. The molecule has 2 N–H and O–H groups in total. The number of benzene rings is 1. The highest BCUT2D eigenvalue weighted by atomic mass is 32.2. The van der Waals surface area contributed by atoms with Gasteiger partial charge in [-0.05, 0) is 38.3 Å². The highest BCUT2D eigenvalue weighted by Gasteiger charge is 2.21. The monoisotopic (exact) mass is 372 g/mol. The summed E-state index contributed by atoms with van der Waals surface area (Å²) >= 11 is 6.91. The van der Waals surface area contributed by atoms with Crippen LogP contribution in [-0.4, -0.2) is 42.6 Å². The number of thiocarbonyl (C=S) groups is 1. The molecule has 1 saturated heterocycles. The normalized spacial score (nSPS) is 18.7.